The van der Waals surface area contributed by atoms with E-state index in [-0.39, 0.29) is 0 Å². The van der Waals surface area contributed by atoms with Gasteiger partial charge in [0.15, 0.2) is 0 Å². The van der Waals surface area contributed by atoms with E-state index in [1.807, 2.05) is 25.2 Å². The summed E-state index contributed by atoms with van der Waals surface area (Å²) < 4.78 is 6.22. The van der Waals surface area contributed by atoms with Crippen LogP contribution in [0.2, 0.25) is 0 Å². The van der Waals surface area contributed by atoms with Crippen LogP contribution in [0.15, 0.2) is 72.8 Å². The van der Waals surface area contributed by atoms with Gasteiger partial charge in [-0.1, -0.05) is 81.4 Å². The van der Waals surface area contributed by atoms with Crippen LogP contribution >= 0.6 is 8.58 Å². The van der Waals surface area contributed by atoms with Gasteiger partial charge in [-0.15, -0.1) is 0 Å². The standard InChI is InChI=1S/C22H24NOP/c1-17-9-8-14-21(22(17)24-16-18-10-4-3-5-11-18)25-20-13-7-6-12-19(20)15-23-2/h3-14,23,25H,15-16H2,1-2H3. The molecule has 1 atom stereocenters. The molecule has 0 bridgehead atoms. The van der Waals surface area contributed by atoms with E-state index in [4.69, 9.17) is 4.74 Å². The Bertz CT molecular complexity index is 817. The molecule has 3 heteroatoms. The minimum Gasteiger partial charge on any atom is -0.488 e. The summed E-state index contributed by atoms with van der Waals surface area (Å²) >= 11 is 0. The molecule has 1 N–H and O–H groups in total. The maximum Gasteiger partial charge on any atom is 0.130 e. The molecule has 0 aliphatic carbocycles. The molecule has 0 saturated heterocycles. The summed E-state index contributed by atoms with van der Waals surface area (Å²) in [5.41, 5.74) is 3.72. The van der Waals surface area contributed by atoms with Crippen LogP contribution in [-0.4, -0.2) is 7.05 Å². The van der Waals surface area contributed by atoms with Crippen molar-refractivity contribution < 1.29 is 4.74 Å². The lowest BCUT2D eigenvalue weighted by molar-refractivity contribution is 0.307. The first-order valence-corrected chi connectivity index (χ1v) is 9.54. The summed E-state index contributed by atoms with van der Waals surface area (Å²) in [5, 5.41) is 5.89. The molecule has 0 spiro atoms. The molecule has 0 fully saturated rings. The van der Waals surface area contributed by atoms with E-state index in [9.17, 15) is 0 Å². The Kier molecular flexibility index (Phi) is 6.22. The normalized spacial score (nSPS) is 11.1. The van der Waals surface area contributed by atoms with Gasteiger partial charge in [0.25, 0.3) is 0 Å². The Balaban J connectivity index is 1.83. The van der Waals surface area contributed by atoms with Gasteiger partial charge >= 0.3 is 0 Å². The van der Waals surface area contributed by atoms with Crippen molar-refractivity contribution >= 4 is 19.2 Å². The first-order valence-electron chi connectivity index (χ1n) is 8.54. The zero-order chi connectivity index (χ0) is 17.5. The molecular weight excluding hydrogens is 325 g/mol. The van der Waals surface area contributed by atoms with Gasteiger partial charge in [0.1, 0.15) is 12.4 Å². The molecule has 0 aliphatic heterocycles. The predicted molar refractivity (Wildman–Crippen MR) is 109 cm³/mol. The Hall–Kier alpha value is -2.15. The molecule has 1 unspecified atom stereocenters. The molecule has 3 aromatic rings. The number of ether oxygens (including phenoxy) is 1. The zero-order valence-electron chi connectivity index (χ0n) is 14.8. The second kappa shape index (κ2) is 8.80. The highest BCUT2D eigenvalue weighted by molar-refractivity contribution is 7.55. The van der Waals surface area contributed by atoms with E-state index in [1.54, 1.807) is 0 Å². The molecule has 128 valence electrons. The predicted octanol–water partition coefficient (Wildman–Crippen LogP) is 3.92. The summed E-state index contributed by atoms with van der Waals surface area (Å²) in [4.78, 5) is 0. The maximum absolute atomic E-state index is 6.22. The number of rotatable bonds is 7. The lowest BCUT2D eigenvalue weighted by Crippen LogP contribution is -2.16. The molecule has 3 aromatic carbocycles. The van der Waals surface area contributed by atoms with Gasteiger partial charge in [0.05, 0.1) is 0 Å². The van der Waals surface area contributed by atoms with Gasteiger partial charge in [0, 0.05) is 11.8 Å². The number of hydrogen-bond acceptors (Lipinski definition) is 2. The fourth-order valence-electron chi connectivity index (χ4n) is 2.80. The number of nitrogens with one attached hydrogen (secondary N) is 1. The summed E-state index contributed by atoms with van der Waals surface area (Å²) in [7, 11) is 2.57. The largest absolute Gasteiger partial charge is 0.488 e. The highest BCUT2D eigenvalue weighted by atomic mass is 31.1. The van der Waals surface area contributed by atoms with Crippen molar-refractivity contribution in [3.8, 4) is 5.75 Å². The van der Waals surface area contributed by atoms with Gasteiger partial charge in [-0.25, -0.2) is 0 Å². The molecule has 0 aromatic heterocycles. The third-order valence-electron chi connectivity index (χ3n) is 4.09. The van der Waals surface area contributed by atoms with Crippen molar-refractivity contribution in [1.29, 1.82) is 0 Å². The molecule has 0 radical (unpaired) electrons. The zero-order valence-corrected chi connectivity index (χ0v) is 15.8. The molecule has 3 rings (SSSR count). The topological polar surface area (TPSA) is 21.3 Å². The highest BCUT2D eigenvalue weighted by Crippen LogP contribution is 2.25. The number of aryl methyl sites for hydroxylation is 1. The van der Waals surface area contributed by atoms with Crippen molar-refractivity contribution in [2.75, 3.05) is 7.05 Å². The van der Waals surface area contributed by atoms with Crippen LogP contribution in [-0.2, 0) is 13.2 Å². The quantitative estimate of drug-likeness (QED) is 0.653. The third-order valence-corrected chi connectivity index (χ3v) is 5.51. The molecule has 0 heterocycles. The first-order chi connectivity index (χ1) is 12.3. The molecule has 0 aliphatic rings. The molecular formula is C22H24NOP. The smallest absolute Gasteiger partial charge is 0.130 e. The average molecular weight is 349 g/mol. The van der Waals surface area contributed by atoms with E-state index in [0.717, 1.165) is 12.3 Å². The molecule has 2 nitrogen and oxygen atoms in total. The Morgan fingerprint density at radius 3 is 2.36 bits per heavy atom. The summed E-state index contributed by atoms with van der Waals surface area (Å²) in [5.74, 6) is 1.02. The molecule has 0 amide bonds. The van der Waals surface area contributed by atoms with E-state index >= 15 is 0 Å². The maximum atomic E-state index is 6.22. The SMILES string of the molecule is CNCc1ccccc1Pc1cccc(C)c1OCc1ccccc1. The van der Waals surface area contributed by atoms with Crippen molar-refractivity contribution in [3.63, 3.8) is 0 Å². The van der Waals surface area contributed by atoms with Crippen molar-refractivity contribution in [1.82, 2.24) is 5.32 Å². The Labute approximate surface area is 152 Å². The van der Waals surface area contributed by atoms with Crippen LogP contribution in [0.5, 0.6) is 5.75 Å². The minimum absolute atomic E-state index is 0.583. The van der Waals surface area contributed by atoms with E-state index < -0.39 is 0 Å². The van der Waals surface area contributed by atoms with Crippen molar-refractivity contribution in [2.45, 2.75) is 20.1 Å². The summed E-state index contributed by atoms with van der Waals surface area (Å²) in [6, 6.07) is 25.4. The van der Waals surface area contributed by atoms with Gasteiger partial charge in [-0.2, -0.15) is 0 Å². The lowest BCUT2D eigenvalue weighted by atomic mass is 10.2. The van der Waals surface area contributed by atoms with Crippen LogP contribution < -0.4 is 20.7 Å². The van der Waals surface area contributed by atoms with Gasteiger partial charge < -0.3 is 10.1 Å². The van der Waals surface area contributed by atoms with Crippen LogP contribution in [0.4, 0.5) is 0 Å². The van der Waals surface area contributed by atoms with Crippen LogP contribution in [0.1, 0.15) is 16.7 Å². The van der Waals surface area contributed by atoms with Gasteiger partial charge in [0.2, 0.25) is 0 Å². The molecule has 0 saturated carbocycles. The second-order valence-electron chi connectivity index (χ2n) is 6.04. The summed E-state index contributed by atoms with van der Waals surface area (Å²) in [6.07, 6.45) is 0. The Morgan fingerprint density at radius 2 is 1.56 bits per heavy atom. The lowest BCUT2D eigenvalue weighted by Gasteiger charge is -2.16. The van der Waals surface area contributed by atoms with Crippen LogP contribution in [0.3, 0.4) is 0 Å². The average Bonchev–Trinajstić information content (AvgIpc) is 2.64. The van der Waals surface area contributed by atoms with Crippen molar-refractivity contribution in [2.24, 2.45) is 0 Å². The van der Waals surface area contributed by atoms with Crippen LogP contribution in [0, 0.1) is 6.92 Å². The fourth-order valence-corrected chi connectivity index (χ4v) is 4.17. The fraction of sp³-hybridized carbons (Fsp3) is 0.182. The van der Waals surface area contributed by atoms with Gasteiger partial charge in [-0.3, -0.25) is 0 Å². The number of hydrogen-bond donors (Lipinski definition) is 1. The second-order valence-corrected chi connectivity index (χ2v) is 7.37. The number of benzene rings is 3. The van der Waals surface area contributed by atoms with Crippen LogP contribution in [0.25, 0.3) is 0 Å². The van der Waals surface area contributed by atoms with Crippen molar-refractivity contribution in [3.05, 3.63) is 89.5 Å². The van der Waals surface area contributed by atoms with Gasteiger partial charge in [-0.05, 0) is 36.0 Å². The minimum atomic E-state index is 0.583. The monoisotopic (exact) mass is 349 g/mol. The van der Waals surface area contributed by atoms with E-state index in [0.29, 0.717) is 15.2 Å². The van der Waals surface area contributed by atoms with E-state index in [2.05, 4.69) is 66.8 Å². The first kappa shape index (κ1) is 17.7. The third kappa shape index (κ3) is 4.69. The Morgan fingerprint density at radius 1 is 0.840 bits per heavy atom. The summed E-state index contributed by atoms with van der Waals surface area (Å²) in [6.45, 7) is 3.60. The highest BCUT2D eigenvalue weighted by Gasteiger charge is 2.10. The number of para-hydroxylation sites is 1. The molecule has 25 heavy (non-hydrogen) atoms. The van der Waals surface area contributed by atoms with E-state index in [1.165, 1.54) is 27.3 Å².